The van der Waals surface area contributed by atoms with Crippen molar-refractivity contribution in [3.05, 3.63) is 0 Å². The first-order valence-electron chi connectivity index (χ1n) is 2.64. The Morgan fingerprint density at radius 2 is 1.90 bits per heavy atom. The van der Waals surface area contributed by atoms with Gasteiger partial charge in [0, 0.05) is 0 Å². The summed E-state index contributed by atoms with van der Waals surface area (Å²) in [5.74, 6) is 0. The fourth-order valence-electron chi connectivity index (χ4n) is 0.369. The second kappa shape index (κ2) is 2.52. The Bertz CT molecular complexity index is 120. The lowest BCUT2D eigenvalue weighted by atomic mass is 10.5. The molecule has 0 heterocycles. The van der Waals surface area contributed by atoms with Gasteiger partial charge in [-0.3, -0.25) is 4.80 Å². The lowest BCUT2D eigenvalue weighted by Crippen LogP contribution is -2.54. The van der Waals surface area contributed by atoms with Gasteiger partial charge in [-0.25, -0.2) is 13.2 Å². The van der Waals surface area contributed by atoms with E-state index in [1.807, 2.05) is 0 Å². The van der Waals surface area contributed by atoms with Crippen LogP contribution in [0.1, 0.15) is 6.92 Å². The van der Waals surface area contributed by atoms with E-state index in [1.165, 1.54) is 0 Å². The van der Waals surface area contributed by atoms with Crippen LogP contribution in [0.2, 0.25) is 6.55 Å². The van der Waals surface area contributed by atoms with Crippen LogP contribution in [0.4, 0.5) is 13.2 Å². The van der Waals surface area contributed by atoms with Gasteiger partial charge >= 0.3 is 14.1 Å². The van der Waals surface area contributed by atoms with Crippen LogP contribution in [0.25, 0.3) is 0 Å². The van der Waals surface area contributed by atoms with Crippen molar-refractivity contribution in [3.63, 3.8) is 0 Å². The highest BCUT2D eigenvalue weighted by atomic mass is 28.4. The average molecular weight is 173 g/mol. The summed E-state index contributed by atoms with van der Waals surface area (Å²) in [5, 5.41) is 0. The van der Waals surface area contributed by atoms with Gasteiger partial charge in [0.1, 0.15) is 0 Å². The third kappa shape index (κ3) is 1.71. The quantitative estimate of drug-likeness (QED) is 0.622. The molecule has 1 radical (unpaired) electrons. The monoisotopic (exact) mass is 173 g/mol. The maximum absolute atomic E-state index is 12.2. The minimum absolute atomic E-state index is 0.461. The van der Waals surface area contributed by atoms with E-state index in [1.54, 1.807) is 0 Å². The number of hydrogen-bond donors (Lipinski definition) is 1. The fourth-order valence-corrected chi connectivity index (χ4v) is 1.11. The second-order valence-corrected chi connectivity index (χ2v) is 4.85. The normalized spacial score (nSPS) is 17.1. The lowest BCUT2D eigenvalue weighted by Gasteiger charge is -2.23. The molecule has 61 valence electrons. The summed E-state index contributed by atoms with van der Waals surface area (Å²) in [4.78, 5) is 18.6. The summed E-state index contributed by atoms with van der Waals surface area (Å²) in [6.45, 7) is 1.02. The van der Waals surface area contributed by atoms with Gasteiger partial charge in [0.2, 0.25) is 0 Å². The van der Waals surface area contributed by atoms with E-state index in [0.29, 0.717) is 13.5 Å². The van der Waals surface area contributed by atoms with Gasteiger partial charge in [0.15, 0.2) is 6.17 Å². The molecule has 0 aromatic heterocycles. The highest BCUT2D eigenvalue weighted by molar-refractivity contribution is 6.65. The zero-order valence-corrected chi connectivity index (χ0v) is 6.57. The van der Waals surface area contributed by atoms with Crippen LogP contribution in [0, 0.1) is 0 Å². The third-order valence-electron chi connectivity index (χ3n) is 1.12. The molecule has 6 heteroatoms. The summed E-state index contributed by atoms with van der Waals surface area (Å²) in [5.41, 5.74) is -4.09. The maximum atomic E-state index is 12.2. The van der Waals surface area contributed by atoms with E-state index in [4.69, 9.17) is 4.80 Å². The van der Waals surface area contributed by atoms with Crippen molar-refractivity contribution in [1.82, 2.24) is 0 Å². The fraction of sp³-hybridized carbons (Fsp3) is 1.00. The Balaban J connectivity index is 4.40. The van der Waals surface area contributed by atoms with Gasteiger partial charge in [0.25, 0.3) is 0 Å². The van der Waals surface area contributed by atoms with Crippen LogP contribution in [0.5, 0.6) is 0 Å². The van der Waals surface area contributed by atoms with Crippen molar-refractivity contribution < 1.29 is 22.8 Å². The molecule has 2 atom stereocenters. The van der Waals surface area contributed by atoms with Crippen LogP contribution < -0.4 is 0 Å². The van der Waals surface area contributed by atoms with E-state index < -0.39 is 20.3 Å². The minimum Gasteiger partial charge on any atom is -0.406 e. The molecule has 0 aromatic rings. The predicted molar refractivity (Wildman–Crippen MR) is 30.0 cm³/mol. The minimum atomic E-state index is -4.91. The highest BCUT2D eigenvalue weighted by Gasteiger charge is 2.58. The van der Waals surface area contributed by atoms with Crippen molar-refractivity contribution in [2.75, 3.05) is 0 Å². The Kier molecular flexibility index (Phi) is 2.50. The summed E-state index contributed by atoms with van der Waals surface area (Å²) in [7, 11) is -4.91. The number of alkyl halides is 3. The molecule has 0 saturated heterocycles. The summed E-state index contributed by atoms with van der Waals surface area (Å²) < 4.78 is 36.3. The Morgan fingerprint density at radius 3 is 1.90 bits per heavy atom. The predicted octanol–water partition coefficient (Wildman–Crippen LogP) is 1.01. The zero-order valence-electron chi connectivity index (χ0n) is 5.57. The topological polar surface area (TPSA) is 40.1 Å². The molecule has 0 fully saturated rings. The molecular formula is C4H8F3O2Si. The molecule has 0 saturated carbocycles. The van der Waals surface area contributed by atoms with Gasteiger partial charge in [-0.2, -0.15) is 0 Å². The largest absolute Gasteiger partial charge is 0.443 e. The van der Waals surface area contributed by atoms with E-state index in [9.17, 15) is 18.0 Å². The highest BCUT2D eigenvalue weighted by Crippen LogP contribution is 2.28. The number of rotatable bonds is 2. The molecule has 2 nitrogen and oxygen atoms in total. The molecule has 0 aliphatic rings. The molecule has 0 spiro atoms. The Morgan fingerprint density at radius 1 is 1.60 bits per heavy atom. The molecule has 0 aromatic carbocycles. The smallest absolute Gasteiger partial charge is 0.406 e. The van der Waals surface area contributed by atoms with Crippen LogP contribution in [0.15, 0.2) is 0 Å². The van der Waals surface area contributed by atoms with Crippen LogP contribution in [-0.2, 0) is 4.80 Å². The van der Waals surface area contributed by atoms with Crippen molar-refractivity contribution in [1.29, 1.82) is 0 Å². The van der Waals surface area contributed by atoms with E-state index >= 15 is 0 Å². The first-order valence-corrected chi connectivity index (χ1v) is 5.00. The molecule has 0 aliphatic heterocycles. The van der Waals surface area contributed by atoms with Gasteiger partial charge in [0.05, 0.1) is 0 Å². The van der Waals surface area contributed by atoms with E-state index in [0.717, 1.165) is 0 Å². The zero-order chi connectivity index (χ0) is 8.58. The maximum Gasteiger partial charge on any atom is 0.443 e. The molecule has 0 aliphatic carbocycles. The summed E-state index contributed by atoms with van der Waals surface area (Å²) in [6, 6.07) is 0. The van der Waals surface area contributed by atoms with Gasteiger partial charge in [-0.05, 0) is 13.5 Å². The van der Waals surface area contributed by atoms with Crippen molar-refractivity contribution in [2.45, 2.75) is 25.2 Å². The lowest BCUT2D eigenvalue weighted by molar-refractivity contribution is -0.0341. The molecule has 1 N–H and O–H groups in total. The summed E-state index contributed by atoms with van der Waals surface area (Å²) >= 11 is 0. The molecular weight excluding hydrogens is 165 g/mol. The Labute approximate surface area is 57.5 Å². The second-order valence-electron chi connectivity index (χ2n) is 2.22. The number of hydrogen-bond acceptors (Lipinski definition) is 1. The SMILES string of the molecule is CC(F)C(F)(F)[Si](C)([O])O. The van der Waals surface area contributed by atoms with Crippen molar-refractivity contribution in [3.8, 4) is 0 Å². The average Bonchev–Trinajstić information content (AvgIpc) is 1.62. The summed E-state index contributed by atoms with van der Waals surface area (Å²) in [6.07, 6.45) is -2.58. The standard InChI is InChI=1S/C4H8F3O2Si/c1-3(5)4(6,7)10(2,8)9/h3,8H,1-2H3. The molecule has 2 unspecified atom stereocenters. The van der Waals surface area contributed by atoms with Crippen LogP contribution in [0.3, 0.4) is 0 Å². The third-order valence-corrected chi connectivity index (χ3v) is 2.75. The van der Waals surface area contributed by atoms with E-state index in [-0.39, 0.29) is 0 Å². The van der Waals surface area contributed by atoms with Crippen molar-refractivity contribution in [2.24, 2.45) is 0 Å². The number of halogens is 3. The van der Waals surface area contributed by atoms with Crippen LogP contribution in [-0.4, -0.2) is 25.1 Å². The molecule has 10 heavy (non-hydrogen) atoms. The molecule has 0 rings (SSSR count). The van der Waals surface area contributed by atoms with E-state index in [2.05, 4.69) is 0 Å². The molecule has 0 amide bonds. The van der Waals surface area contributed by atoms with Gasteiger partial charge in [-0.15, -0.1) is 0 Å². The first-order chi connectivity index (χ1) is 4.19. The first kappa shape index (κ1) is 9.93. The van der Waals surface area contributed by atoms with Gasteiger partial charge < -0.3 is 4.80 Å². The van der Waals surface area contributed by atoms with Gasteiger partial charge in [-0.1, -0.05) is 0 Å². The van der Waals surface area contributed by atoms with Crippen LogP contribution >= 0.6 is 0 Å². The van der Waals surface area contributed by atoms with Crippen molar-refractivity contribution >= 4 is 8.56 Å². The Hall–Kier alpha value is -0.0731. The molecule has 0 bridgehead atoms.